The normalized spacial score (nSPS) is 24.2. The molecule has 1 fully saturated rings. The van der Waals surface area contributed by atoms with Crippen LogP contribution in [-0.2, 0) is 25.5 Å². The topological polar surface area (TPSA) is 80.7 Å². The number of carbonyl (C=O) groups excluding carboxylic acids is 2. The quantitative estimate of drug-likeness (QED) is 0.589. The maximum absolute atomic E-state index is 14.6. The largest absolute Gasteiger partial charge is 0.480 e. The molecule has 0 amide bonds. The highest BCUT2D eigenvalue weighted by atomic mass is 79.9. The number of ketones is 1. The highest BCUT2D eigenvalue weighted by Crippen LogP contribution is 2.42. The average Bonchev–Trinajstić information content (AvgIpc) is 2.82. The van der Waals surface area contributed by atoms with Crippen molar-refractivity contribution in [3.8, 4) is 0 Å². The maximum atomic E-state index is 14.6. The standard InChI is InChI=1S/C18H20BrFO5/c1-9-4-5-18(15(9)21,17(23)24)8-11-6-12(19)14(13(20)7-11)10(2)16(22)25-3/h6-7,9-10H,4-5,8H2,1-3H3,(H,23,24). The van der Waals surface area contributed by atoms with E-state index in [0.29, 0.717) is 16.5 Å². The smallest absolute Gasteiger partial charge is 0.317 e. The molecule has 1 aliphatic carbocycles. The van der Waals surface area contributed by atoms with Crippen molar-refractivity contribution in [2.45, 2.75) is 39.0 Å². The summed E-state index contributed by atoms with van der Waals surface area (Å²) in [5.41, 5.74) is -0.970. The summed E-state index contributed by atoms with van der Waals surface area (Å²) in [6.07, 6.45) is 0.669. The number of halogens is 2. The zero-order valence-electron chi connectivity index (χ0n) is 14.3. The zero-order chi connectivity index (χ0) is 18.9. The van der Waals surface area contributed by atoms with E-state index >= 15 is 0 Å². The Bertz CT molecular complexity index is 709. The molecule has 0 saturated heterocycles. The Labute approximate surface area is 153 Å². The van der Waals surface area contributed by atoms with Gasteiger partial charge in [0, 0.05) is 16.0 Å². The molecule has 1 saturated carbocycles. The second kappa shape index (κ2) is 7.23. The summed E-state index contributed by atoms with van der Waals surface area (Å²) < 4.78 is 19.5. The molecule has 1 aromatic carbocycles. The number of benzene rings is 1. The first-order chi connectivity index (χ1) is 11.6. The van der Waals surface area contributed by atoms with Crippen molar-refractivity contribution < 1.29 is 28.6 Å². The number of carbonyl (C=O) groups is 3. The number of aliphatic carboxylic acids is 1. The number of hydrogen-bond acceptors (Lipinski definition) is 4. The molecular weight excluding hydrogens is 395 g/mol. The minimum Gasteiger partial charge on any atom is -0.480 e. The van der Waals surface area contributed by atoms with Gasteiger partial charge in [0.1, 0.15) is 11.2 Å². The van der Waals surface area contributed by atoms with Crippen LogP contribution in [-0.4, -0.2) is 29.9 Å². The predicted molar refractivity (Wildman–Crippen MR) is 91.7 cm³/mol. The van der Waals surface area contributed by atoms with Crippen LogP contribution in [0.15, 0.2) is 16.6 Å². The van der Waals surface area contributed by atoms with Gasteiger partial charge in [-0.05, 0) is 43.9 Å². The van der Waals surface area contributed by atoms with E-state index in [1.54, 1.807) is 13.0 Å². The number of ether oxygens (including phenoxy) is 1. The van der Waals surface area contributed by atoms with Crippen LogP contribution < -0.4 is 0 Å². The molecule has 0 aliphatic heterocycles. The molecule has 3 atom stereocenters. The summed E-state index contributed by atoms with van der Waals surface area (Å²) in [5, 5.41) is 9.61. The highest BCUT2D eigenvalue weighted by molar-refractivity contribution is 9.10. The van der Waals surface area contributed by atoms with Crippen molar-refractivity contribution in [2.75, 3.05) is 7.11 Å². The first-order valence-corrected chi connectivity index (χ1v) is 8.76. The van der Waals surface area contributed by atoms with Crippen LogP contribution in [0.3, 0.4) is 0 Å². The average molecular weight is 415 g/mol. The van der Waals surface area contributed by atoms with Crippen molar-refractivity contribution in [1.29, 1.82) is 0 Å². The third-order valence-corrected chi connectivity index (χ3v) is 5.62. The lowest BCUT2D eigenvalue weighted by Gasteiger charge is -2.23. The number of hydrogen-bond donors (Lipinski definition) is 1. The lowest BCUT2D eigenvalue weighted by molar-refractivity contribution is -0.154. The molecular formula is C18H20BrFO5. The third kappa shape index (κ3) is 3.47. The zero-order valence-corrected chi connectivity index (χ0v) is 15.9. The molecule has 3 unspecified atom stereocenters. The first kappa shape index (κ1) is 19.6. The van der Waals surface area contributed by atoms with E-state index in [1.807, 2.05) is 0 Å². The summed E-state index contributed by atoms with van der Waals surface area (Å²) in [6.45, 7) is 3.24. The van der Waals surface area contributed by atoms with Crippen LogP contribution in [0, 0.1) is 17.2 Å². The molecule has 0 radical (unpaired) electrons. The monoisotopic (exact) mass is 414 g/mol. The SMILES string of the molecule is COC(=O)C(C)c1c(F)cc(CC2(C(=O)O)CCC(C)C2=O)cc1Br. The van der Waals surface area contributed by atoms with Gasteiger partial charge in [-0.3, -0.25) is 14.4 Å². The van der Waals surface area contributed by atoms with Gasteiger partial charge in [0.15, 0.2) is 5.78 Å². The van der Waals surface area contributed by atoms with Gasteiger partial charge in [-0.2, -0.15) is 0 Å². The van der Waals surface area contributed by atoms with Crippen molar-refractivity contribution in [1.82, 2.24) is 0 Å². The third-order valence-electron chi connectivity index (χ3n) is 4.97. The number of carboxylic acids is 1. The number of Topliss-reactive ketones (excluding diaryl/α,β-unsaturated/α-hetero) is 1. The van der Waals surface area contributed by atoms with Crippen molar-refractivity contribution in [3.63, 3.8) is 0 Å². The van der Waals surface area contributed by atoms with E-state index in [2.05, 4.69) is 20.7 Å². The van der Waals surface area contributed by atoms with Crippen LogP contribution in [0.5, 0.6) is 0 Å². The fourth-order valence-electron chi connectivity index (χ4n) is 3.45. The van der Waals surface area contributed by atoms with Gasteiger partial charge in [0.05, 0.1) is 13.0 Å². The molecule has 0 aromatic heterocycles. The second-order valence-electron chi connectivity index (χ2n) is 6.59. The van der Waals surface area contributed by atoms with E-state index in [1.165, 1.54) is 20.1 Å². The summed E-state index contributed by atoms with van der Waals surface area (Å²) in [7, 11) is 1.22. The molecule has 0 heterocycles. The highest BCUT2D eigenvalue weighted by Gasteiger charge is 2.52. The Morgan fingerprint density at radius 3 is 2.56 bits per heavy atom. The molecule has 7 heteroatoms. The van der Waals surface area contributed by atoms with E-state index in [-0.39, 0.29) is 30.1 Å². The van der Waals surface area contributed by atoms with E-state index in [4.69, 9.17) is 0 Å². The molecule has 5 nitrogen and oxygen atoms in total. The number of carboxylic acid groups (broad SMARTS) is 1. The van der Waals surface area contributed by atoms with Gasteiger partial charge in [0.25, 0.3) is 0 Å². The van der Waals surface area contributed by atoms with Gasteiger partial charge in [-0.15, -0.1) is 0 Å². The maximum Gasteiger partial charge on any atom is 0.317 e. The molecule has 25 heavy (non-hydrogen) atoms. The minimum absolute atomic E-state index is 0.0755. The van der Waals surface area contributed by atoms with Gasteiger partial charge >= 0.3 is 11.9 Å². The van der Waals surface area contributed by atoms with Gasteiger partial charge in [-0.1, -0.05) is 22.9 Å². The lowest BCUT2D eigenvalue weighted by atomic mass is 9.78. The molecule has 1 N–H and O–H groups in total. The predicted octanol–water partition coefficient (Wildman–Crippen LogP) is 3.48. The van der Waals surface area contributed by atoms with E-state index in [9.17, 15) is 23.9 Å². The Balaban J connectivity index is 2.40. The fraction of sp³-hybridized carbons (Fsp3) is 0.500. The van der Waals surface area contributed by atoms with Crippen LogP contribution in [0.2, 0.25) is 0 Å². The Morgan fingerprint density at radius 1 is 1.48 bits per heavy atom. The van der Waals surface area contributed by atoms with E-state index in [0.717, 1.165) is 0 Å². The summed E-state index contributed by atoms with van der Waals surface area (Å²) in [5.74, 6) is -3.83. The van der Waals surface area contributed by atoms with Gasteiger partial charge < -0.3 is 9.84 Å². The molecule has 1 aromatic rings. The van der Waals surface area contributed by atoms with Crippen LogP contribution >= 0.6 is 15.9 Å². The molecule has 1 aliphatic rings. The lowest BCUT2D eigenvalue weighted by Crippen LogP contribution is -2.38. The summed E-state index contributed by atoms with van der Waals surface area (Å²) >= 11 is 3.25. The van der Waals surface area contributed by atoms with Crippen molar-refractivity contribution >= 4 is 33.7 Å². The van der Waals surface area contributed by atoms with Gasteiger partial charge in [0.2, 0.25) is 0 Å². The van der Waals surface area contributed by atoms with Crippen molar-refractivity contribution in [2.24, 2.45) is 11.3 Å². The number of methoxy groups -OCH3 is 1. The second-order valence-corrected chi connectivity index (χ2v) is 7.44. The fourth-order valence-corrected chi connectivity index (χ4v) is 4.27. The molecule has 0 spiro atoms. The van der Waals surface area contributed by atoms with E-state index < -0.39 is 29.1 Å². The van der Waals surface area contributed by atoms with Crippen LogP contribution in [0.25, 0.3) is 0 Å². The summed E-state index contributed by atoms with van der Waals surface area (Å²) in [4.78, 5) is 35.8. The van der Waals surface area contributed by atoms with Gasteiger partial charge in [-0.25, -0.2) is 4.39 Å². The Hall–Kier alpha value is -1.76. The van der Waals surface area contributed by atoms with Crippen LogP contribution in [0.1, 0.15) is 43.7 Å². The van der Waals surface area contributed by atoms with Crippen LogP contribution in [0.4, 0.5) is 4.39 Å². The minimum atomic E-state index is -1.51. The first-order valence-electron chi connectivity index (χ1n) is 7.97. The summed E-state index contributed by atoms with van der Waals surface area (Å²) in [6, 6.07) is 2.76. The molecule has 136 valence electrons. The number of rotatable bonds is 5. The number of esters is 1. The molecule has 0 bridgehead atoms. The molecule has 2 rings (SSSR count). The van der Waals surface area contributed by atoms with Crippen molar-refractivity contribution in [3.05, 3.63) is 33.5 Å². The Morgan fingerprint density at radius 2 is 2.12 bits per heavy atom. The Kier molecular flexibility index (Phi) is 5.66.